The first-order valence-electron chi connectivity index (χ1n) is 7.03. The Bertz CT molecular complexity index is 954. The molecule has 1 amide bonds. The topological polar surface area (TPSA) is 80.8 Å². The number of hydrogen-bond donors (Lipinski definition) is 0. The zero-order valence-electron chi connectivity index (χ0n) is 13.5. The normalized spacial score (nSPS) is 11.1. The van der Waals surface area contributed by atoms with Crippen molar-refractivity contribution in [2.24, 2.45) is 0 Å². The molecule has 2 aromatic rings. The summed E-state index contributed by atoms with van der Waals surface area (Å²) in [6.07, 6.45) is 0. The van der Waals surface area contributed by atoms with Crippen LogP contribution in [0.3, 0.4) is 0 Å². The minimum atomic E-state index is -4.16. The summed E-state index contributed by atoms with van der Waals surface area (Å²) in [6.45, 7) is 2.37. The van der Waals surface area contributed by atoms with E-state index in [0.29, 0.717) is 18.3 Å². The number of hydrogen-bond acceptors (Lipinski definition) is 5. The zero-order chi connectivity index (χ0) is 19.6. The maximum Gasteiger partial charge on any atom is 0.308 e. The minimum absolute atomic E-state index is 0.0714. The van der Waals surface area contributed by atoms with Crippen molar-refractivity contribution < 1.29 is 22.7 Å². The number of halogens is 3. The van der Waals surface area contributed by atoms with Crippen LogP contribution in [-0.4, -0.2) is 20.3 Å². The molecule has 26 heavy (non-hydrogen) atoms. The van der Waals surface area contributed by atoms with Crippen LogP contribution in [0.25, 0.3) is 0 Å². The van der Waals surface area contributed by atoms with Crippen LogP contribution in [0.2, 0.25) is 5.02 Å². The lowest BCUT2D eigenvalue weighted by Crippen LogP contribution is -2.35. The van der Waals surface area contributed by atoms with Crippen LogP contribution in [0.1, 0.15) is 13.8 Å². The number of sulfonamides is 1. The Morgan fingerprint density at radius 2 is 1.54 bits per heavy atom. The molecule has 0 spiro atoms. The summed E-state index contributed by atoms with van der Waals surface area (Å²) in [5.41, 5.74) is 0.0714. The smallest absolute Gasteiger partial charge is 0.308 e. The SMILES string of the molecule is CC(=O)Oc1c(Br)cc(N(C(C)=O)S(=O)(=O)c2ccc(Cl)cc2)cc1Br. The zero-order valence-corrected chi connectivity index (χ0v) is 18.2. The molecule has 0 saturated heterocycles. The fourth-order valence-electron chi connectivity index (χ4n) is 2.11. The van der Waals surface area contributed by atoms with Crippen molar-refractivity contribution >= 4 is 71.0 Å². The molecule has 2 aromatic carbocycles. The van der Waals surface area contributed by atoms with Crippen LogP contribution in [0, 0.1) is 0 Å². The molecule has 0 N–H and O–H groups in total. The number of ether oxygens (including phenoxy) is 1. The highest BCUT2D eigenvalue weighted by molar-refractivity contribution is 9.11. The standard InChI is InChI=1S/C16H12Br2ClNO5S/c1-9(21)20(26(23,24)13-5-3-11(19)4-6-13)12-7-14(17)16(15(18)8-12)25-10(2)22/h3-8H,1-2H3. The summed E-state index contributed by atoms with van der Waals surface area (Å²) < 4.78 is 32.1. The van der Waals surface area contributed by atoms with Crippen LogP contribution >= 0.6 is 43.5 Å². The Morgan fingerprint density at radius 3 is 1.96 bits per heavy atom. The second-order valence-corrected chi connectivity index (χ2v) is 9.01. The van der Waals surface area contributed by atoms with Crippen molar-refractivity contribution in [3.63, 3.8) is 0 Å². The first-order valence-corrected chi connectivity index (χ1v) is 10.4. The van der Waals surface area contributed by atoms with Gasteiger partial charge in [-0.05, 0) is 68.3 Å². The molecular weight excluding hydrogens is 514 g/mol. The Kier molecular flexibility index (Phi) is 6.49. The van der Waals surface area contributed by atoms with Crippen molar-refractivity contribution in [2.75, 3.05) is 4.31 Å². The molecule has 138 valence electrons. The Labute approximate surface area is 172 Å². The summed E-state index contributed by atoms with van der Waals surface area (Å²) in [4.78, 5) is 23.2. The van der Waals surface area contributed by atoms with E-state index in [-0.39, 0.29) is 16.3 Å². The summed E-state index contributed by atoms with van der Waals surface area (Å²) >= 11 is 12.2. The maximum absolute atomic E-state index is 12.9. The van der Waals surface area contributed by atoms with Gasteiger partial charge in [-0.2, -0.15) is 0 Å². The van der Waals surface area contributed by atoms with Gasteiger partial charge in [0.15, 0.2) is 5.75 Å². The number of amides is 1. The highest BCUT2D eigenvalue weighted by Gasteiger charge is 2.30. The summed E-state index contributed by atoms with van der Waals surface area (Å²) in [5.74, 6) is -1.08. The van der Waals surface area contributed by atoms with Gasteiger partial charge in [0, 0.05) is 18.9 Å². The van der Waals surface area contributed by atoms with E-state index in [1.807, 2.05) is 0 Å². The molecule has 2 rings (SSSR count). The van der Waals surface area contributed by atoms with Crippen LogP contribution in [0.4, 0.5) is 5.69 Å². The van der Waals surface area contributed by atoms with E-state index in [1.54, 1.807) is 0 Å². The molecule has 0 saturated carbocycles. The number of esters is 1. The third-order valence-corrected chi connectivity index (χ3v) is 6.35. The summed E-state index contributed by atoms with van der Waals surface area (Å²) in [5, 5.41) is 0.370. The average molecular weight is 526 g/mol. The Hall–Kier alpha value is -1.42. The van der Waals surface area contributed by atoms with E-state index >= 15 is 0 Å². The van der Waals surface area contributed by atoms with Gasteiger partial charge < -0.3 is 4.74 Å². The molecule has 0 aliphatic rings. The fourth-order valence-corrected chi connectivity index (χ4v) is 4.97. The van der Waals surface area contributed by atoms with Gasteiger partial charge in [0.25, 0.3) is 10.0 Å². The highest BCUT2D eigenvalue weighted by atomic mass is 79.9. The van der Waals surface area contributed by atoms with Gasteiger partial charge in [0.05, 0.1) is 19.5 Å². The molecule has 0 bridgehead atoms. The molecule has 0 radical (unpaired) electrons. The van der Waals surface area contributed by atoms with E-state index in [2.05, 4.69) is 31.9 Å². The molecule has 0 aromatic heterocycles. The lowest BCUT2D eigenvalue weighted by atomic mass is 10.3. The number of benzene rings is 2. The number of rotatable bonds is 4. The monoisotopic (exact) mass is 523 g/mol. The van der Waals surface area contributed by atoms with Crippen molar-refractivity contribution in [3.8, 4) is 5.75 Å². The van der Waals surface area contributed by atoms with Crippen LogP contribution in [0.5, 0.6) is 5.75 Å². The van der Waals surface area contributed by atoms with Gasteiger partial charge in [-0.25, -0.2) is 12.7 Å². The first kappa shape index (κ1) is 20.9. The third kappa shape index (κ3) is 4.46. The van der Waals surface area contributed by atoms with Crippen LogP contribution in [-0.2, 0) is 19.6 Å². The second kappa shape index (κ2) is 8.08. The van der Waals surface area contributed by atoms with E-state index in [0.717, 1.165) is 6.92 Å². The minimum Gasteiger partial charge on any atom is -0.424 e. The summed E-state index contributed by atoms with van der Waals surface area (Å²) in [7, 11) is -4.16. The fraction of sp³-hybridized carbons (Fsp3) is 0.125. The van der Waals surface area contributed by atoms with Crippen molar-refractivity contribution in [3.05, 3.63) is 50.4 Å². The molecule has 0 fully saturated rings. The van der Waals surface area contributed by atoms with Gasteiger partial charge in [0.1, 0.15) is 0 Å². The van der Waals surface area contributed by atoms with Gasteiger partial charge in [-0.15, -0.1) is 0 Å². The summed E-state index contributed by atoms with van der Waals surface area (Å²) in [6, 6.07) is 8.20. The third-order valence-electron chi connectivity index (χ3n) is 3.10. The van der Waals surface area contributed by atoms with Crippen molar-refractivity contribution in [1.29, 1.82) is 0 Å². The van der Waals surface area contributed by atoms with Crippen molar-refractivity contribution in [2.45, 2.75) is 18.7 Å². The number of carbonyl (C=O) groups is 2. The van der Waals surface area contributed by atoms with Crippen LogP contribution < -0.4 is 9.04 Å². The van der Waals surface area contributed by atoms with Gasteiger partial charge in [-0.1, -0.05) is 11.6 Å². The molecule has 0 unspecified atom stereocenters. The molecule has 0 aliphatic heterocycles. The second-order valence-electron chi connectivity index (χ2n) is 5.07. The maximum atomic E-state index is 12.9. The quantitative estimate of drug-likeness (QED) is 0.433. The van der Waals surface area contributed by atoms with Gasteiger partial charge in [-0.3, -0.25) is 9.59 Å². The number of carbonyl (C=O) groups excluding carboxylic acids is 2. The predicted molar refractivity (Wildman–Crippen MR) is 105 cm³/mol. The van der Waals surface area contributed by atoms with E-state index < -0.39 is 21.9 Å². The lowest BCUT2D eigenvalue weighted by Gasteiger charge is -2.22. The Morgan fingerprint density at radius 1 is 1.04 bits per heavy atom. The number of anilines is 1. The Balaban J connectivity index is 2.59. The van der Waals surface area contributed by atoms with Crippen molar-refractivity contribution in [1.82, 2.24) is 0 Å². The molecule has 0 heterocycles. The van der Waals surface area contributed by atoms with E-state index in [9.17, 15) is 18.0 Å². The molecule has 10 heteroatoms. The van der Waals surface area contributed by atoms with E-state index in [1.165, 1.54) is 43.3 Å². The van der Waals surface area contributed by atoms with Crippen LogP contribution in [0.15, 0.2) is 50.2 Å². The predicted octanol–water partition coefficient (Wildman–Crippen LogP) is 4.53. The van der Waals surface area contributed by atoms with E-state index in [4.69, 9.17) is 16.3 Å². The lowest BCUT2D eigenvalue weighted by molar-refractivity contribution is -0.132. The molecular formula is C16H12Br2ClNO5S. The van der Waals surface area contributed by atoms with Gasteiger partial charge >= 0.3 is 5.97 Å². The van der Waals surface area contributed by atoms with Gasteiger partial charge in [0.2, 0.25) is 5.91 Å². The molecule has 0 atom stereocenters. The first-order chi connectivity index (χ1) is 12.0. The molecule has 0 aliphatic carbocycles. The molecule has 6 nitrogen and oxygen atoms in total. The number of nitrogens with zero attached hydrogens (tertiary/aromatic N) is 1. The average Bonchev–Trinajstić information content (AvgIpc) is 2.50. The largest absolute Gasteiger partial charge is 0.424 e. The highest BCUT2D eigenvalue weighted by Crippen LogP contribution is 2.39.